The number of aliphatic imine (C=N–C) groups is 1. The van der Waals surface area contributed by atoms with Gasteiger partial charge in [0.2, 0.25) is 5.88 Å². The van der Waals surface area contributed by atoms with Crippen molar-refractivity contribution in [3.63, 3.8) is 0 Å². The summed E-state index contributed by atoms with van der Waals surface area (Å²) < 4.78 is 46.2. The van der Waals surface area contributed by atoms with E-state index < -0.39 is 12.8 Å². The Labute approximate surface area is 178 Å². The molecule has 2 N–H and O–H groups in total. The first-order chi connectivity index (χ1) is 12.9. The van der Waals surface area contributed by atoms with Gasteiger partial charge >= 0.3 is 6.18 Å². The number of nitrogens with one attached hydrogen (secondary N) is 2. The van der Waals surface area contributed by atoms with Crippen molar-refractivity contribution in [1.82, 2.24) is 15.6 Å². The summed E-state index contributed by atoms with van der Waals surface area (Å²) in [6.07, 6.45) is -2.94. The lowest BCUT2D eigenvalue weighted by molar-refractivity contribution is -0.154. The second kappa shape index (κ2) is 11.6. The van der Waals surface area contributed by atoms with Crippen LogP contribution in [0.2, 0.25) is 0 Å². The number of hydrogen-bond acceptors (Lipinski definition) is 4. The summed E-state index contributed by atoms with van der Waals surface area (Å²) in [6, 6.07) is 10.7. The lowest BCUT2D eigenvalue weighted by Gasteiger charge is -2.14. The van der Waals surface area contributed by atoms with Gasteiger partial charge in [-0.2, -0.15) is 13.2 Å². The predicted octanol–water partition coefficient (Wildman–Crippen LogP) is 3.51. The first-order valence-electron chi connectivity index (χ1n) is 8.12. The van der Waals surface area contributed by atoms with Crippen LogP contribution < -0.4 is 20.1 Å². The number of ether oxygens (including phenoxy) is 2. The Hall–Kier alpha value is -2.24. The van der Waals surface area contributed by atoms with Gasteiger partial charge in [-0.05, 0) is 11.6 Å². The molecule has 0 saturated carbocycles. The third-order valence-electron chi connectivity index (χ3n) is 3.50. The van der Waals surface area contributed by atoms with Crippen LogP contribution in [-0.2, 0) is 13.1 Å². The van der Waals surface area contributed by atoms with E-state index in [2.05, 4.69) is 25.3 Å². The lowest BCUT2D eigenvalue weighted by Crippen LogP contribution is -2.36. The fraction of sp³-hybridized carbons (Fsp3) is 0.333. The second-order valence-corrected chi connectivity index (χ2v) is 5.50. The minimum atomic E-state index is -4.39. The van der Waals surface area contributed by atoms with Gasteiger partial charge in [0.25, 0.3) is 0 Å². The average molecular weight is 510 g/mol. The van der Waals surface area contributed by atoms with Crippen LogP contribution in [0.4, 0.5) is 13.2 Å². The zero-order valence-corrected chi connectivity index (χ0v) is 17.7. The standard InChI is InChI=1S/C18H21F3N4O2.HI/c1-22-17(25-11-14-5-3-4-6-15(14)26-2)24-10-13-7-8-16(23-9-13)27-12-18(19,20)21;/h3-9H,10-12H2,1-2H3,(H2,22,24,25);1H. The molecule has 0 spiro atoms. The second-order valence-electron chi connectivity index (χ2n) is 5.50. The highest BCUT2D eigenvalue weighted by Gasteiger charge is 2.28. The van der Waals surface area contributed by atoms with Crippen LogP contribution in [0.15, 0.2) is 47.6 Å². The molecular weight excluding hydrogens is 488 g/mol. The maximum Gasteiger partial charge on any atom is 0.422 e. The Bertz CT molecular complexity index is 755. The summed E-state index contributed by atoms with van der Waals surface area (Å²) in [5.41, 5.74) is 1.75. The average Bonchev–Trinajstić information content (AvgIpc) is 2.67. The first kappa shape index (κ1) is 23.8. The summed E-state index contributed by atoms with van der Waals surface area (Å²) in [5, 5.41) is 6.27. The number of pyridine rings is 1. The van der Waals surface area contributed by atoms with Crippen LogP contribution in [0.5, 0.6) is 11.6 Å². The zero-order chi connectivity index (χ0) is 19.7. The normalized spacial score (nSPS) is 11.4. The molecule has 0 fully saturated rings. The van der Waals surface area contributed by atoms with Gasteiger partial charge in [0, 0.05) is 38.0 Å². The van der Waals surface area contributed by atoms with Gasteiger partial charge in [0.15, 0.2) is 12.6 Å². The van der Waals surface area contributed by atoms with E-state index in [0.717, 1.165) is 16.9 Å². The van der Waals surface area contributed by atoms with E-state index in [9.17, 15) is 13.2 Å². The number of guanidine groups is 1. The Morgan fingerprint density at radius 1 is 1.11 bits per heavy atom. The SMILES string of the molecule is CN=C(NCc1ccc(OCC(F)(F)F)nc1)NCc1ccccc1OC.I. The van der Waals surface area contributed by atoms with Crippen molar-refractivity contribution in [2.75, 3.05) is 20.8 Å². The van der Waals surface area contributed by atoms with Gasteiger partial charge in [-0.25, -0.2) is 4.98 Å². The van der Waals surface area contributed by atoms with Gasteiger partial charge in [-0.1, -0.05) is 24.3 Å². The monoisotopic (exact) mass is 510 g/mol. The minimum absolute atomic E-state index is 0. The molecule has 0 bridgehead atoms. The molecule has 2 aromatic rings. The maximum absolute atomic E-state index is 12.1. The number of nitrogens with zero attached hydrogens (tertiary/aromatic N) is 2. The van der Waals surface area contributed by atoms with E-state index in [0.29, 0.717) is 19.0 Å². The Morgan fingerprint density at radius 3 is 2.43 bits per heavy atom. The number of rotatable bonds is 7. The molecule has 1 heterocycles. The first-order valence-corrected chi connectivity index (χ1v) is 8.12. The van der Waals surface area contributed by atoms with E-state index >= 15 is 0 Å². The van der Waals surface area contributed by atoms with Crippen molar-refractivity contribution in [2.45, 2.75) is 19.3 Å². The highest BCUT2D eigenvalue weighted by atomic mass is 127. The topological polar surface area (TPSA) is 67.8 Å². The summed E-state index contributed by atoms with van der Waals surface area (Å²) >= 11 is 0. The van der Waals surface area contributed by atoms with Crippen LogP contribution in [0.25, 0.3) is 0 Å². The molecule has 1 aromatic heterocycles. The highest BCUT2D eigenvalue weighted by molar-refractivity contribution is 14.0. The Balaban J connectivity index is 0.00000392. The highest BCUT2D eigenvalue weighted by Crippen LogP contribution is 2.17. The smallest absolute Gasteiger partial charge is 0.422 e. The van der Waals surface area contributed by atoms with Crippen molar-refractivity contribution in [1.29, 1.82) is 0 Å². The van der Waals surface area contributed by atoms with Crippen molar-refractivity contribution in [2.24, 2.45) is 4.99 Å². The van der Waals surface area contributed by atoms with Gasteiger partial charge in [-0.3, -0.25) is 4.99 Å². The molecule has 1 aromatic carbocycles. The quantitative estimate of drug-likeness (QED) is 0.339. The molecule has 0 aliphatic carbocycles. The number of benzene rings is 1. The van der Waals surface area contributed by atoms with Crippen LogP contribution in [0, 0.1) is 0 Å². The molecule has 0 aliphatic heterocycles. The van der Waals surface area contributed by atoms with Crippen LogP contribution in [0.3, 0.4) is 0 Å². The molecule has 28 heavy (non-hydrogen) atoms. The molecule has 6 nitrogen and oxygen atoms in total. The number of para-hydroxylation sites is 1. The van der Waals surface area contributed by atoms with Gasteiger partial charge in [-0.15, -0.1) is 24.0 Å². The van der Waals surface area contributed by atoms with Gasteiger partial charge in [0.05, 0.1) is 7.11 Å². The molecule has 10 heteroatoms. The zero-order valence-electron chi connectivity index (χ0n) is 15.4. The third kappa shape index (κ3) is 8.19. The summed E-state index contributed by atoms with van der Waals surface area (Å²) in [6.45, 7) is -0.443. The molecule has 0 amide bonds. The maximum atomic E-state index is 12.1. The number of alkyl halides is 3. The minimum Gasteiger partial charge on any atom is -0.496 e. The predicted molar refractivity (Wildman–Crippen MR) is 111 cm³/mol. The van der Waals surface area contributed by atoms with E-state index in [4.69, 9.17) is 4.74 Å². The molecule has 154 valence electrons. The molecule has 2 rings (SSSR count). The fourth-order valence-electron chi connectivity index (χ4n) is 2.19. The molecule has 0 aliphatic rings. The molecule has 0 radical (unpaired) electrons. The number of methoxy groups -OCH3 is 1. The van der Waals surface area contributed by atoms with E-state index in [1.807, 2.05) is 24.3 Å². The largest absolute Gasteiger partial charge is 0.496 e. The Morgan fingerprint density at radius 2 is 1.82 bits per heavy atom. The van der Waals surface area contributed by atoms with Gasteiger partial charge in [0.1, 0.15) is 5.75 Å². The van der Waals surface area contributed by atoms with Crippen LogP contribution >= 0.6 is 24.0 Å². The van der Waals surface area contributed by atoms with Gasteiger partial charge < -0.3 is 20.1 Å². The van der Waals surface area contributed by atoms with Crippen LogP contribution in [-0.4, -0.2) is 37.9 Å². The number of aromatic nitrogens is 1. The van der Waals surface area contributed by atoms with Crippen molar-refractivity contribution < 1.29 is 22.6 Å². The molecule has 0 saturated heterocycles. The Kier molecular flexibility index (Phi) is 9.83. The lowest BCUT2D eigenvalue weighted by atomic mass is 10.2. The summed E-state index contributed by atoms with van der Waals surface area (Å²) in [7, 11) is 3.25. The van der Waals surface area contributed by atoms with E-state index in [-0.39, 0.29) is 29.9 Å². The molecule has 0 unspecified atom stereocenters. The van der Waals surface area contributed by atoms with Crippen molar-refractivity contribution in [3.05, 3.63) is 53.7 Å². The van der Waals surface area contributed by atoms with Crippen molar-refractivity contribution >= 4 is 29.9 Å². The summed E-state index contributed by atoms with van der Waals surface area (Å²) in [4.78, 5) is 7.99. The van der Waals surface area contributed by atoms with E-state index in [1.165, 1.54) is 12.3 Å². The number of halogens is 4. The van der Waals surface area contributed by atoms with Crippen molar-refractivity contribution in [3.8, 4) is 11.6 Å². The number of hydrogen-bond donors (Lipinski definition) is 2. The third-order valence-corrected chi connectivity index (χ3v) is 3.50. The molecular formula is C18H22F3IN4O2. The summed E-state index contributed by atoms with van der Waals surface area (Å²) in [5.74, 6) is 1.27. The molecule has 0 atom stereocenters. The fourth-order valence-corrected chi connectivity index (χ4v) is 2.19. The van der Waals surface area contributed by atoms with Crippen LogP contribution in [0.1, 0.15) is 11.1 Å². The van der Waals surface area contributed by atoms with E-state index in [1.54, 1.807) is 20.2 Å².